The van der Waals surface area contributed by atoms with Gasteiger partial charge in [0.1, 0.15) is 0 Å². The third-order valence-corrected chi connectivity index (χ3v) is 3.78. The zero-order valence-corrected chi connectivity index (χ0v) is 11.7. The average molecular weight is 264 g/mol. The number of rotatable bonds is 4. The zero-order chi connectivity index (χ0) is 13.8. The molecule has 3 unspecified atom stereocenters. The van der Waals surface area contributed by atoms with Gasteiger partial charge in [0, 0.05) is 24.8 Å². The Morgan fingerprint density at radius 2 is 2.11 bits per heavy atom. The first-order chi connectivity index (χ1) is 9.10. The van der Waals surface area contributed by atoms with Crippen molar-refractivity contribution in [3.63, 3.8) is 0 Å². The molecule has 0 bridgehead atoms. The molecule has 0 radical (unpaired) electrons. The van der Waals surface area contributed by atoms with Crippen molar-refractivity contribution in [2.75, 3.05) is 25.4 Å². The first kappa shape index (κ1) is 14.3. The van der Waals surface area contributed by atoms with Gasteiger partial charge in [-0.3, -0.25) is 4.90 Å². The molecular formula is C15H24N2O2. The van der Waals surface area contributed by atoms with Gasteiger partial charge in [0.15, 0.2) is 0 Å². The number of anilines is 1. The van der Waals surface area contributed by atoms with E-state index in [1.165, 1.54) is 0 Å². The number of benzene rings is 1. The van der Waals surface area contributed by atoms with Gasteiger partial charge in [0.05, 0.1) is 18.8 Å². The Kier molecular flexibility index (Phi) is 4.80. The van der Waals surface area contributed by atoms with E-state index in [0.29, 0.717) is 12.6 Å². The van der Waals surface area contributed by atoms with E-state index in [4.69, 9.17) is 10.5 Å². The van der Waals surface area contributed by atoms with Crippen LogP contribution in [0.5, 0.6) is 0 Å². The monoisotopic (exact) mass is 264 g/mol. The van der Waals surface area contributed by atoms with Crippen LogP contribution in [0.25, 0.3) is 0 Å². The summed E-state index contributed by atoms with van der Waals surface area (Å²) in [6.07, 6.45) is 0.808. The number of nitrogens with zero attached hydrogens (tertiary/aromatic N) is 1. The fourth-order valence-electron chi connectivity index (χ4n) is 2.56. The Morgan fingerprint density at radius 1 is 1.42 bits per heavy atom. The molecule has 3 atom stereocenters. The highest BCUT2D eigenvalue weighted by atomic mass is 16.5. The Bertz CT molecular complexity index is 394. The molecule has 19 heavy (non-hydrogen) atoms. The topological polar surface area (TPSA) is 58.7 Å². The van der Waals surface area contributed by atoms with E-state index in [2.05, 4.69) is 18.7 Å². The fourth-order valence-corrected chi connectivity index (χ4v) is 2.56. The number of β-amino-alcohol motifs (C(OH)–C–C–N with tert-alkyl or cyclic N) is 1. The fraction of sp³-hybridized carbons (Fsp3) is 0.600. The molecule has 0 spiro atoms. The Labute approximate surface area is 115 Å². The van der Waals surface area contributed by atoms with Gasteiger partial charge in [-0.05, 0) is 31.0 Å². The van der Waals surface area contributed by atoms with E-state index in [9.17, 15) is 5.11 Å². The average Bonchev–Trinajstić information content (AvgIpc) is 2.39. The van der Waals surface area contributed by atoms with Crippen molar-refractivity contribution in [2.45, 2.75) is 38.5 Å². The van der Waals surface area contributed by atoms with Gasteiger partial charge >= 0.3 is 0 Å². The maximum atomic E-state index is 10.3. The summed E-state index contributed by atoms with van der Waals surface area (Å²) in [6.45, 7) is 6.52. The summed E-state index contributed by atoms with van der Waals surface area (Å²) < 4.78 is 5.67. The third-order valence-electron chi connectivity index (χ3n) is 3.78. The second-order valence-corrected chi connectivity index (χ2v) is 5.34. The van der Waals surface area contributed by atoms with Crippen LogP contribution >= 0.6 is 0 Å². The molecule has 4 nitrogen and oxygen atoms in total. The van der Waals surface area contributed by atoms with Crippen molar-refractivity contribution in [1.82, 2.24) is 4.90 Å². The second-order valence-electron chi connectivity index (χ2n) is 5.34. The molecule has 3 N–H and O–H groups in total. The van der Waals surface area contributed by atoms with Crippen LogP contribution in [0.3, 0.4) is 0 Å². The van der Waals surface area contributed by atoms with E-state index in [-0.39, 0.29) is 6.10 Å². The highest BCUT2D eigenvalue weighted by Crippen LogP contribution is 2.21. The van der Waals surface area contributed by atoms with Gasteiger partial charge in [-0.2, -0.15) is 0 Å². The highest BCUT2D eigenvalue weighted by molar-refractivity contribution is 5.39. The van der Waals surface area contributed by atoms with Crippen LogP contribution < -0.4 is 5.73 Å². The first-order valence-electron chi connectivity index (χ1n) is 6.99. The lowest BCUT2D eigenvalue weighted by Crippen LogP contribution is -2.49. The van der Waals surface area contributed by atoms with Gasteiger partial charge in [0.2, 0.25) is 0 Å². The SMILES string of the molecule is CCC1COC(C)CN1CC(O)c1ccc(N)cc1. The third kappa shape index (κ3) is 3.69. The van der Waals surface area contributed by atoms with Crippen LogP contribution in [0, 0.1) is 0 Å². The number of aliphatic hydroxyl groups is 1. The van der Waals surface area contributed by atoms with Crippen molar-refractivity contribution in [2.24, 2.45) is 0 Å². The molecule has 0 aromatic heterocycles. The molecule has 1 fully saturated rings. The lowest BCUT2D eigenvalue weighted by atomic mass is 10.1. The van der Waals surface area contributed by atoms with Crippen molar-refractivity contribution in [3.05, 3.63) is 29.8 Å². The van der Waals surface area contributed by atoms with E-state index in [0.717, 1.165) is 30.8 Å². The predicted octanol–water partition coefficient (Wildman–Crippen LogP) is 1.80. The number of hydrogen-bond donors (Lipinski definition) is 2. The second kappa shape index (κ2) is 6.37. The van der Waals surface area contributed by atoms with E-state index in [1.54, 1.807) is 0 Å². The van der Waals surface area contributed by atoms with Gasteiger partial charge < -0.3 is 15.6 Å². The first-order valence-corrected chi connectivity index (χ1v) is 6.99. The highest BCUT2D eigenvalue weighted by Gasteiger charge is 2.27. The molecule has 1 aliphatic rings. The summed E-state index contributed by atoms with van der Waals surface area (Å²) in [5.41, 5.74) is 7.31. The standard InChI is InChI=1S/C15H24N2O2/c1-3-14-10-19-11(2)8-17(14)9-15(18)12-4-6-13(16)7-5-12/h4-7,11,14-15,18H,3,8-10,16H2,1-2H3. The lowest BCUT2D eigenvalue weighted by Gasteiger charge is -2.39. The summed E-state index contributed by atoms with van der Waals surface area (Å²) in [4.78, 5) is 2.33. The van der Waals surface area contributed by atoms with Crippen LogP contribution in [-0.4, -0.2) is 41.8 Å². The van der Waals surface area contributed by atoms with Gasteiger partial charge in [0.25, 0.3) is 0 Å². The summed E-state index contributed by atoms with van der Waals surface area (Å²) >= 11 is 0. The number of morpholine rings is 1. The maximum Gasteiger partial charge on any atom is 0.0917 e. The van der Waals surface area contributed by atoms with Crippen LogP contribution in [-0.2, 0) is 4.74 Å². The number of ether oxygens (including phenoxy) is 1. The Balaban J connectivity index is 1.99. The van der Waals surface area contributed by atoms with Crippen molar-refractivity contribution >= 4 is 5.69 Å². The minimum absolute atomic E-state index is 0.237. The molecule has 0 amide bonds. The van der Waals surface area contributed by atoms with Crippen molar-refractivity contribution in [1.29, 1.82) is 0 Å². The minimum Gasteiger partial charge on any atom is -0.399 e. The largest absolute Gasteiger partial charge is 0.399 e. The number of hydrogen-bond acceptors (Lipinski definition) is 4. The molecule has 1 saturated heterocycles. The molecule has 1 aromatic carbocycles. The summed E-state index contributed by atoms with van der Waals surface area (Å²) in [5, 5.41) is 10.3. The van der Waals surface area contributed by atoms with Crippen LogP contribution in [0.4, 0.5) is 5.69 Å². The van der Waals surface area contributed by atoms with E-state index in [1.807, 2.05) is 24.3 Å². The number of nitrogen functional groups attached to an aromatic ring is 1. The maximum absolute atomic E-state index is 10.3. The van der Waals surface area contributed by atoms with Crippen molar-refractivity contribution in [3.8, 4) is 0 Å². The van der Waals surface area contributed by atoms with Crippen LogP contribution in [0.2, 0.25) is 0 Å². The van der Waals surface area contributed by atoms with E-state index >= 15 is 0 Å². The molecule has 1 heterocycles. The number of aliphatic hydroxyl groups excluding tert-OH is 1. The molecule has 1 aromatic rings. The molecular weight excluding hydrogens is 240 g/mol. The smallest absolute Gasteiger partial charge is 0.0917 e. The molecule has 0 aliphatic carbocycles. The lowest BCUT2D eigenvalue weighted by molar-refractivity contribution is -0.0681. The van der Waals surface area contributed by atoms with E-state index < -0.39 is 6.10 Å². The van der Waals surface area contributed by atoms with Gasteiger partial charge in [-0.15, -0.1) is 0 Å². The Hall–Kier alpha value is -1.10. The van der Waals surface area contributed by atoms with Crippen LogP contribution in [0.15, 0.2) is 24.3 Å². The molecule has 2 rings (SSSR count). The molecule has 4 heteroatoms. The van der Waals surface area contributed by atoms with Crippen molar-refractivity contribution < 1.29 is 9.84 Å². The zero-order valence-electron chi connectivity index (χ0n) is 11.7. The summed E-state index contributed by atoms with van der Waals surface area (Å²) in [7, 11) is 0. The predicted molar refractivity (Wildman–Crippen MR) is 76.9 cm³/mol. The summed E-state index contributed by atoms with van der Waals surface area (Å²) in [5.74, 6) is 0. The van der Waals surface area contributed by atoms with Crippen LogP contribution in [0.1, 0.15) is 31.9 Å². The molecule has 0 saturated carbocycles. The van der Waals surface area contributed by atoms with Gasteiger partial charge in [-0.25, -0.2) is 0 Å². The minimum atomic E-state index is -0.472. The summed E-state index contributed by atoms with van der Waals surface area (Å²) in [6, 6.07) is 7.85. The Morgan fingerprint density at radius 3 is 2.74 bits per heavy atom. The van der Waals surface area contributed by atoms with Gasteiger partial charge in [-0.1, -0.05) is 19.1 Å². The normalized spacial score (nSPS) is 26.3. The quantitative estimate of drug-likeness (QED) is 0.814. The number of nitrogens with two attached hydrogens (primary N) is 1. The molecule has 1 aliphatic heterocycles. The molecule has 106 valence electrons.